The van der Waals surface area contributed by atoms with Crippen LogP contribution in [0.1, 0.15) is 26.8 Å². The second-order valence-electron chi connectivity index (χ2n) is 4.10. The van der Waals surface area contributed by atoms with Gasteiger partial charge in [-0.3, -0.25) is 0 Å². The van der Waals surface area contributed by atoms with E-state index in [1.54, 1.807) is 17.4 Å². The van der Waals surface area contributed by atoms with Gasteiger partial charge in [-0.2, -0.15) is 0 Å². The van der Waals surface area contributed by atoms with Crippen molar-refractivity contribution in [2.24, 2.45) is 0 Å². The fourth-order valence-electron chi connectivity index (χ4n) is 1.62. The number of furan rings is 1. The maximum atomic E-state index is 11.2. The molecule has 19 heavy (non-hydrogen) atoms. The van der Waals surface area contributed by atoms with Gasteiger partial charge in [0, 0.05) is 24.0 Å². The maximum Gasteiger partial charge on any atom is 0.341 e. The number of hydrogen-bond acceptors (Lipinski definition) is 6. The Bertz CT molecular complexity index is 548. The van der Waals surface area contributed by atoms with Gasteiger partial charge in [0.2, 0.25) is 0 Å². The summed E-state index contributed by atoms with van der Waals surface area (Å²) in [5.41, 5.74) is 1.50. The molecule has 0 atom stereocenters. The first-order valence-electron chi connectivity index (χ1n) is 5.96. The Morgan fingerprint density at radius 3 is 3.11 bits per heavy atom. The highest BCUT2D eigenvalue weighted by Gasteiger charge is 2.09. The fourth-order valence-corrected chi connectivity index (χ4v) is 2.40. The number of aromatic nitrogens is 1. The molecule has 102 valence electrons. The quantitative estimate of drug-likeness (QED) is 0.649. The zero-order valence-electron chi connectivity index (χ0n) is 10.9. The van der Waals surface area contributed by atoms with Gasteiger partial charge in [0.1, 0.15) is 12.0 Å². The largest absolute Gasteiger partial charge is 0.467 e. The Morgan fingerprint density at radius 2 is 2.42 bits per heavy atom. The monoisotopic (exact) mass is 280 g/mol. The number of methoxy groups -OCH3 is 1. The third-order valence-corrected chi connectivity index (χ3v) is 3.58. The number of esters is 1. The van der Waals surface area contributed by atoms with Crippen molar-refractivity contribution in [3.63, 3.8) is 0 Å². The lowest BCUT2D eigenvalue weighted by Gasteiger charge is -2.00. The normalized spacial score (nSPS) is 10.6. The second kappa shape index (κ2) is 6.49. The first kappa shape index (κ1) is 13.8. The van der Waals surface area contributed by atoms with Crippen molar-refractivity contribution in [2.75, 3.05) is 13.7 Å². The highest BCUT2D eigenvalue weighted by Crippen LogP contribution is 2.10. The number of aryl methyl sites for hydroxylation is 1. The highest BCUT2D eigenvalue weighted by atomic mass is 32.1. The molecule has 0 amide bonds. The SMILES string of the molecule is COC(=O)c1coc(CNCCc2nc(C)cs2)c1. The van der Waals surface area contributed by atoms with Gasteiger partial charge in [-0.05, 0) is 13.0 Å². The van der Waals surface area contributed by atoms with Crippen molar-refractivity contribution in [3.05, 3.63) is 39.7 Å². The summed E-state index contributed by atoms with van der Waals surface area (Å²) >= 11 is 1.67. The zero-order chi connectivity index (χ0) is 13.7. The van der Waals surface area contributed by atoms with Crippen molar-refractivity contribution in [1.82, 2.24) is 10.3 Å². The first-order chi connectivity index (χ1) is 9.19. The van der Waals surface area contributed by atoms with E-state index in [1.165, 1.54) is 13.4 Å². The molecule has 2 aromatic heterocycles. The summed E-state index contributed by atoms with van der Waals surface area (Å²) in [5, 5.41) is 6.42. The predicted octanol–water partition coefficient (Wildman–Crippen LogP) is 2.16. The molecule has 0 saturated carbocycles. The minimum Gasteiger partial charge on any atom is -0.467 e. The van der Waals surface area contributed by atoms with Gasteiger partial charge in [0.05, 0.1) is 24.2 Å². The van der Waals surface area contributed by atoms with Gasteiger partial charge >= 0.3 is 5.97 Å². The van der Waals surface area contributed by atoms with Gasteiger partial charge in [0.25, 0.3) is 0 Å². The van der Waals surface area contributed by atoms with Crippen LogP contribution in [0.5, 0.6) is 0 Å². The molecule has 0 unspecified atom stereocenters. The second-order valence-corrected chi connectivity index (χ2v) is 5.05. The third-order valence-electron chi connectivity index (χ3n) is 2.56. The summed E-state index contributed by atoms with van der Waals surface area (Å²) in [6.45, 7) is 3.40. The van der Waals surface area contributed by atoms with Gasteiger partial charge in [-0.1, -0.05) is 0 Å². The number of carbonyl (C=O) groups excluding carboxylic acids is 1. The van der Waals surface area contributed by atoms with Crippen LogP contribution in [-0.2, 0) is 17.7 Å². The molecule has 6 heteroatoms. The number of hydrogen-bond donors (Lipinski definition) is 1. The van der Waals surface area contributed by atoms with Crippen LogP contribution in [0.2, 0.25) is 0 Å². The number of nitrogens with one attached hydrogen (secondary N) is 1. The molecule has 0 aliphatic rings. The molecule has 1 N–H and O–H groups in total. The molecule has 2 rings (SSSR count). The minimum atomic E-state index is -0.381. The van der Waals surface area contributed by atoms with Crippen LogP contribution in [0, 0.1) is 6.92 Å². The Hall–Kier alpha value is -1.66. The average Bonchev–Trinajstić information content (AvgIpc) is 3.03. The Labute approximate surface area is 115 Å². The number of rotatable bonds is 6. The van der Waals surface area contributed by atoms with E-state index in [-0.39, 0.29) is 5.97 Å². The van der Waals surface area contributed by atoms with Gasteiger partial charge in [-0.25, -0.2) is 9.78 Å². The van der Waals surface area contributed by atoms with E-state index < -0.39 is 0 Å². The van der Waals surface area contributed by atoms with E-state index in [0.717, 1.165) is 29.4 Å². The zero-order valence-corrected chi connectivity index (χ0v) is 11.8. The molecule has 0 aliphatic heterocycles. The van der Waals surface area contributed by atoms with E-state index in [0.29, 0.717) is 12.1 Å². The minimum absolute atomic E-state index is 0.381. The number of carbonyl (C=O) groups is 1. The molecule has 5 nitrogen and oxygen atoms in total. The summed E-state index contributed by atoms with van der Waals surface area (Å²) in [5.74, 6) is 0.337. The van der Waals surface area contributed by atoms with E-state index in [4.69, 9.17) is 4.42 Å². The fraction of sp³-hybridized carbons (Fsp3) is 0.385. The molecule has 2 heterocycles. The number of thiazole rings is 1. The van der Waals surface area contributed by atoms with Crippen molar-refractivity contribution >= 4 is 17.3 Å². The van der Waals surface area contributed by atoms with Gasteiger partial charge < -0.3 is 14.5 Å². The lowest BCUT2D eigenvalue weighted by molar-refractivity contribution is 0.0600. The Balaban J connectivity index is 1.73. The first-order valence-corrected chi connectivity index (χ1v) is 6.84. The summed E-state index contributed by atoms with van der Waals surface area (Å²) < 4.78 is 9.88. The van der Waals surface area contributed by atoms with Crippen LogP contribution < -0.4 is 5.32 Å². The van der Waals surface area contributed by atoms with Crippen LogP contribution in [0.3, 0.4) is 0 Å². The maximum absolute atomic E-state index is 11.2. The number of ether oxygens (including phenoxy) is 1. The smallest absolute Gasteiger partial charge is 0.341 e. The Morgan fingerprint density at radius 1 is 1.58 bits per heavy atom. The third kappa shape index (κ3) is 3.90. The summed E-state index contributed by atoms with van der Waals surface area (Å²) in [6, 6.07) is 1.69. The van der Waals surface area contributed by atoms with Crippen molar-refractivity contribution in [3.8, 4) is 0 Å². The Kier molecular flexibility index (Phi) is 4.70. The van der Waals surface area contributed by atoms with E-state index >= 15 is 0 Å². The molecule has 0 spiro atoms. The predicted molar refractivity (Wildman–Crippen MR) is 72.3 cm³/mol. The number of nitrogens with zero attached hydrogens (tertiary/aromatic N) is 1. The molecular weight excluding hydrogens is 264 g/mol. The average molecular weight is 280 g/mol. The summed E-state index contributed by atoms with van der Waals surface area (Å²) in [7, 11) is 1.35. The van der Waals surface area contributed by atoms with E-state index in [1.807, 2.05) is 12.3 Å². The van der Waals surface area contributed by atoms with Crippen LogP contribution in [0.25, 0.3) is 0 Å². The van der Waals surface area contributed by atoms with Crippen LogP contribution in [0.15, 0.2) is 22.1 Å². The summed E-state index contributed by atoms with van der Waals surface area (Å²) in [4.78, 5) is 15.6. The molecule has 0 aliphatic carbocycles. The van der Waals surface area contributed by atoms with Gasteiger partial charge in [-0.15, -0.1) is 11.3 Å². The summed E-state index contributed by atoms with van der Waals surface area (Å²) in [6.07, 6.45) is 2.30. The molecule has 0 aromatic carbocycles. The standard InChI is InChI=1S/C13H16N2O3S/c1-9-8-19-12(15-9)3-4-14-6-11-5-10(7-18-11)13(16)17-2/h5,7-8,14H,3-4,6H2,1-2H3. The van der Waals surface area contributed by atoms with E-state index in [2.05, 4.69) is 15.0 Å². The van der Waals surface area contributed by atoms with Gasteiger partial charge in [0.15, 0.2) is 0 Å². The molecule has 0 fully saturated rings. The lowest BCUT2D eigenvalue weighted by atomic mass is 10.3. The van der Waals surface area contributed by atoms with Crippen molar-refractivity contribution in [2.45, 2.75) is 19.9 Å². The topological polar surface area (TPSA) is 64.4 Å². The van der Waals surface area contributed by atoms with E-state index in [9.17, 15) is 4.79 Å². The molecule has 0 bridgehead atoms. The van der Waals surface area contributed by atoms with Crippen LogP contribution in [0.4, 0.5) is 0 Å². The highest BCUT2D eigenvalue weighted by molar-refractivity contribution is 7.09. The van der Waals surface area contributed by atoms with Crippen LogP contribution in [-0.4, -0.2) is 24.6 Å². The van der Waals surface area contributed by atoms with Crippen molar-refractivity contribution in [1.29, 1.82) is 0 Å². The lowest BCUT2D eigenvalue weighted by Crippen LogP contribution is -2.16. The molecule has 2 aromatic rings. The van der Waals surface area contributed by atoms with Crippen LogP contribution >= 0.6 is 11.3 Å². The molecule has 0 radical (unpaired) electrons. The van der Waals surface area contributed by atoms with Crippen molar-refractivity contribution < 1.29 is 13.9 Å². The molecular formula is C13H16N2O3S. The molecule has 0 saturated heterocycles.